The molecule has 0 aromatic heterocycles. The summed E-state index contributed by atoms with van der Waals surface area (Å²) in [6.07, 6.45) is 0.869. The SMILES string of the molecule is CC1CC(C)N(S(=O)(=O)c2ccccc2C#N)C1. The van der Waals surface area contributed by atoms with Crippen LogP contribution in [0.5, 0.6) is 0 Å². The number of hydrogen-bond donors (Lipinski definition) is 0. The van der Waals surface area contributed by atoms with Crippen LogP contribution in [0.15, 0.2) is 29.2 Å². The van der Waals surface area contributed by atoms with E-state index in [1.807, 2.05) is 19.9 Å². The Balaban J connectivity index is 2.47. The van der Waals surface area contributed by atoms with E-state index in [0.29, 0.717) is 12.5 Å². The molecule has 0 N–H and O–H groups in total. The van der Waals surface area contributed by atoms with Crippen molar-refractivity contribution in [3.05, 3.63) is 29.8 Å². The molecule has 0 amide bonds. The zero-order chi connectivity index (χ0) is 13.3. The zero-order valence-corrected chi connectivity index (χ0v) is 11.3. The van der Waals surface area contributed by atoms with Crippen molar-refractivity contribution in [1.82, 2.24) is 4.31 Å². The van der Waals surface area contributed by atoms with E-state index < -0.39 is 10.0 Å². The van der Waals surface area contributed by atoms with Crippen LogP contribution < -0.4 is 0 Å². The monoisotopic (exact) mass is 264 g/mol. The maximum Gasteiger partial charge on any atom is 0.244 e. The van der Waals surface area contributed by atoms with E-state index in [0.717, 1.165) is 6.42 Å². The molecule has 0 saturated carbocycles. The average molecular weight is 264 g/mol. The number of benzene rings is 1. The van der Waals surface area contributed by atoms with Crippen LogP contribution in [0.1, 0.15) is 25.8 Å². The van der Waals surface area contributed by atoms with Crippen molar-refractivity contribution in [1.29, 1.82) is 5.26 Å². The first-order valence-corrected chi connectivity index (χ1v) is 7.41. The second-order valence-corrected chi connectivity index (χ2v) is 6.73. The molecular weight excluding hydrogens is 248 g/mol. The third-order valence-corrected chi connectivity index (χ3v) is 5.36. The van der Waals surface area contributed by atoms with Gasteiger partial charge in [-0.15, -0.1) is 0 Å². The highest BCUT2D eigenvalue weighted by Gasteiger charge is 2.36. The molecule has 4 nitrogen and oxygen atoms in total. The van der Waals surface area contributed by atoms with E-state index in [4.69, 9.17) is 5.26 Å². The molecule has 5 heteroatoms. The minimum Gasteiger partial charge on any atom is -0.207 e. The Morgan fingerprint density at radius 2 is 2.00 bits per heavy atom. The molecular formula is C13H16N2O2S. The summed E-state index contributed by atoms with van der Waals surface area (Å²) in [7, 11) is -3.55. The van der Waals surface area contributed by atoms with Crippen molar-refractivity contribution < 1.29 is 8.42 Å². The third-order valence-electron chi connectivity index (χ3n) is 3.32. The summed E-state index contributed by atoms with van der Waals surface area (Å²) in [5, 5.41) is 9.01. The highest BCUT2D eigenvalue weighted by atomic mass is 32.2. The van der Waals surface area contributed by atoms with Gasteiger partial charge in [0.25, 0.3) is 0 Å². The van der Waals surface area contributed by atoms with Crippen molar-refractivity contribution in [3.8, 4) is 6.07 Å². The van der Waals surface area contributed by atoms with Crippen molar-refractivity contribution in [2.24, 2.45) is 5.92 Å². The topological polar surface area (TPSA) is 61.2 Å². The minimum absolute atomic E-state index is 0.00301. The van der Waals surface area contributed by atoms with Crippen LogP contribution >= 0.6 is 0 Å². The number of rotatable bonds is 2. The summed E-state index contributed by atoms with van der Waals surface area (Å²) in [6.45, 7) is 4.49. The summed E-state index contributed by atoms with van der Waals surface area (Å²) in [4.78, 5) is 0.119. The maximum atomic E-state index is 12.5. The zero-order valence-electron chi connectivity index (χ0n) is 10.5. The van der Waals surface area contributed by atoms with Gasteiger partial charge >= 0.3 is 0 Å². The molecule has 18 heavy (non-hydrogen) atoms. The van der Waals surface area contributed by atoms with Crippen LogP contribution in [0.2, 0.25) is 0 Å². The van der Waals surface area contributed by atoms with Crippen LogP contribution in [-0.4, -0.2) is 25.3 Å². The molecule has 1 heterocycles. The van der Waals surface area contributed by atoms with Gasteiger partial charge in [0.15, 0.2) is 0 Å². The molecule has 1 aromatic carbocycles. The van der Waals surface area contributed by atoms with E-state index in [9.17, 15) is 8.42 Å². The van der Waals surface area contributed by atoms with Crippen molar-refractivity contribution in [2.45, 2.75) is 31.2 Å². The molecule has 1 aliphatic rings. The highest BCUT2D eigenvalue weighted by Crippen LogP contribution is 2.30. The standard InChI is InChI=1S/C13H16N2O2S/c1-10-7-11(2)15(9-10)18(16,17)13-6-4-3-5-12(13)8-14/h3-6,10-11H,7,9H2,1-2H3. The highest BCUT2D eigenvalue weighted by molar-refractivity contribution is 7.89. The molecule has 2 atom stereocenters. The van der Waals surface area contributed by atoms with Crippen LogP contribution in [0, 0.1) is 17.2 Å². The van der Waals surface area contributed by atoms with Crippen molar-refractivity contribution >= 4 is 10.0 Å². The van der Waals surface area contributed by atoms with Crippen LogP contribution in [0.25, 0.3) is 0 Å². The van der Waals surface area contributed by atoms with Gasteiger partial charge < -0.3 is 0 Å². The second-order valence-electron chi connectivity index (χ2n) is 4.87. The lowest BCUT2D eigenvalue weighted by Crippen LogP contribution is -2.34. The Morgan fingerprint density at radius 3 is 2.56 bits per heavy atom. The van der Waals surface area contributed by atoms with E-state index in [-0.39, 0.29) is 16.5 Å². The summed E-state index contributed by atoms with van der Waals surface area (Å²) in [6, 6.07) is 8.31. The summed E-state index contributed by atoms with van der Waals surface area (Å²) in [5.74, 6) is 0.365. The molecule has 0 aliphatic carbocycles. The summed E-state index contributed by atoms with van der Waals surface area (Å²) in [5.41, 5.74) is 0.212. The van der Waals surface area contributed by atoms with Gasteiger partial charge in [-0.1, -0.05) is 19.1 Å². The van der Waals surface area contributed by atoms with E-state index in [1.165, 1.54) is 16.4 Å². The molecule has 1 aliphatic heterocycles. The van der Waals surface area contributed by atoms with Gasteiger partial charge in [-0.3, -0.25) is 0 Å². The van der Waals surface area contributed by atoms with Gasteiger partial charge in [-0.25, -0.2) is 8.42 Å². The largest absolute Gasteiger partial charge is 0.244 e. The first-order chi connectivity index (χ1) is 8.46. The van der Waals surface area contributed by atoms with Gasteiger partial charge in [-0.05, 0) is 31.4 Å². The van der Waals surface area contributed by atoms with E-state index >= 15 is 0 Å². The fourth-order valence-electron chi connectivity index (χ4n) is 2.51. The summed E-state index contributed by atoms with van der Waals surface area (Å²) >= 11 is 0. The maximum absolute atomic E-state index is 12.5. The van der Waals surface area contributed by atoms with Crippen LogP contribution in [-0.2, 0) is 10.0 Å². The Bertz CT molecular complexity index is 589. The smallest absolute Gasteiger partial charge is 0.207 e. The molecule has 96 valence electrons. The molecule has 1 aromatic rings. The molecule has 1 fully saturated rings. The summed E-state index contributed by atoms with van der Waals surface area (Å²) < 4.78 is 26.6. The van der Waals surface area contributed by atoms with E-state index in [1.54, 1.807) is 12.1 Å². The van der Waals surface area contributed by atoms with Gasteiger partial charge in [0.2, 0.25) is 10.0 Å². The molecule has 2 rings (SSSR count). The van der Waals surface area contributed by atoms with Gasteiger partial charge in [0, 0.05) is 12.6 Å². The third kappa shape index (κ3) is 2.14. The molecule has 1 saturated heterocycles. The Hall–Kier alpha value is -1.38. The Morgan fingerprint density at radius 1 is 1.33 bits per heavy atom. The minimum atomic E-state index is -3.55. The first-order valence-electron chi connectivity index (χ1n) is 5.97. The number of hydrogen-bond acceptors (Lipinski definition) is 3. The van der Waals surface area contributed by atoms with Crippen LogP contribution in [0.3, 0.4) is 0 Å². The van der Waals surface area contributed by atoms with Gasteiger partial charge in [0.1, 0.15) is 6.07 Å². The molecule has 0 bridgehead atoms. The van der Waals surface area contributed by atoms with Crippen molar-refractivity contribution in [3.63, 3.8) is 0 Å². The predicted molar refractivity (Wildman–Crippen MR) is 68.3 cm³/mol. The normalized spacial score (nSPS) is 24.9. The number of nitrogens with zero attached hydrogens (tertiary/aromatic N) is 2. The Kier molecular flexibility index (Phi) is 3.42. The fourth-order valence-corrected chi connectivity index (χ4v) is 4.41. The fraction of sp³-hybridized carbons (Fsp3) is 0.462. The second kappa shape index (κ2) is 4.71. The lowest BCUT2D eigenvalue weighted by molar-refractivity contribution is 0.405. The molecule has 0 radical (unpaired) electrons. The van der Waals surface area contributed by atoms with Gasteiger partial charge in [-0.2, -0.15) is 9.57 Å². The van der Waals surface area contributed by atoms with Gasteiger partial charge in [0.05, 0.1) is 10.5 Å². The first kappa shape index (κ1) is 13.1. The quantitative estimate of drug-likeness (QED) is 0.820. The number of sulfonamides is 1. The lowest BCUT2D eigenvalue weighted by Gasteiger charge is -2.21. The lowest BCUT2D eigenvalue weighted by atomic mass is 10.1. The van der Waals surface area contributed by atoms with Crippen molar-refractivity contribution in [2.75, 3.05) is 6.54 Å². The average Bonchev–Trinajstić information content (AvgIpc) is 2.69. The van der Waals surface area contributed by atoms with E-state index in [2.05, 4.69) is 0 Å². The molecule has 0 spiro atoms. The molecule has 2 unspecified atom stereocenters. The Labute approximate surface area is 108 Å². The van der Waals surface area contributed by atoms with Crippen LogP contribution in [0.4, 0.5) is 0 Å². The number of nitriles is 1. The predicted octanol–water partition coefficient (Wildman–Crippen LogP) is 1.98.